The Morgan fingerprint density at radius 2 is 2.00 bits per heavy atom. The Morgan fingerprint density at radius 1 is 1.23 bits per heavy atom. The summed E-state index contributed by atoms with van der Waals surface area (Å²) in [6.07, 6.45) is 3.36. The minimum atomic E-state index is -0.171. The maximum atomic E-state index is 12.6. The first-order valence-corrected chi connectivity index (χ1v) is 8.58. The highest BCUT2D eigenvalue weighted by atomic mass is 16.5. The Morgan fingerprint density at radius 3 is 2.73 bits per heavy atom. The first-order valence-electron chi connectivity index (χ1n) is 8.58. The van der Waals surface area contributed by atoms with Crippen LogP contribution in [0.25, 0.3) is 0 Å². The second-order valence-corrected chi connectivity index (χ2v) is 6.35. The van der Waals surface area contributed by atoms with Crippen molar-refractivity contribution in [3.63, 3.8) is 0 Å². The van der Waals surface area contributed by atoms with Gasteiger partial charge in [0.1, 0.15) is 5.75 Å². The summed E-state index contributed by atoms with van der Waals surface area (Å²) in [6.45, 7) is 4.60. The third kappa shape index (κ3) is 4.11. The van der Waals surface area contributed by atoms with Crippen LogP contribution >= 0.6 is 0 Å². The highest BCUT2D eigenvalue weighted by Gasteiger charge is 2.16. The van der Waals surface area contributed by atoms with Gasteiger partial charge in [-0.3, -0.25) is 9.48 Å². The molecule has 0 spiro atoms. The van der Waals surface area contributed by atoms with Gasteiger partial charge >= 0.3 is 0 Å². The molecule has 1 aromatic heterocycles. The van der Waals surface area contributed by atoms with Crippen LogP contribution in [-0.2, 0) is 6.54 Å². The second-order valence-electron chi connectivity index (χ2n) is 6.35. The first kappa shape index (κ1) is 17.7. The minimum Gasteiger partial charge on any atom is -0.496 e. The van der Waals surface area contributed by atoms with Gasteiger partial charge in [-0.05, 0) is 25.5 Å². The van der Waals surface area contributed by atoms with Crippen LogP contribution in [0.15, 0.2) is 60.9 Å². The van der Waals surface area contributed by atoms with Crippen LogP contribution in [0.5, 0.6) is 5.75 Å². The van der Waals surface area contributed by atoms with Gasteiger partial charge in [0.2, 0.25) is 0 Å². The van der Waals surface area contributed by atoms with Gasteiger partial charge in [0.05, 0.1) is 31.5 Å². The van der Waals surface area contributed by atoms with Crippen molar-refractivity contribution < 1.29 is 9.53 Å². The van der Waals surface area contributed by atoms with Gasteiger partial charge in [0.15, 0.2) is 0 Å². The van der Waals surface area contributed by atoms with Crippen molar-refractivity contribution in [1.82, 2.24) is 15.1 Å². The van der Waals surface area contributed by atoms with Gasteiger partial charge in [-0.25, -0.2) is 0 Å². The smallest absolute Gasteiger partial charge is 0.254 e. The number of rotatable bonds is 6. The van der Waals surface area contributed by atoms with Crippen molar-refractivity contribution in [2.24, 2.45) is 0 Å². The normalized spacial score (nSPS) is 11.8. The fourth-order valence-electron chi connectivity index (χ4n) is 2.89. The van der Waals surface area contributed by atoms with Crippen LogP contribution in [0.2, 0.25) is 0 Å². The van der Waals surface area contributed by atoms with Crippen molar-refractivity contribution in [2.45, 2.75) is 26.4 Å². The molecule has 0 saturated carbocycles. The molecule has 26 heavy (non-hydrogen) atoms. The van der Waals surface area contributed by atoms with E-state index in [0.29, 0.717) is 12.1 Å². The minimum absolute atomic E-state index is 0.152. The van der Waals surface area contributed by atoms with E-state index < -0.39 is 0 Å². The highest BCUT2D eigenvalue weighted by Crippen LogP contribution is 2.26. The van der Waals surface area contributed by atoms with Crippen LogP contribution in [0.1, 0.15) is 40.0 Å². The van der Waals surface area contributed by atoms with Gasteiger partial charge in [-0.1, -0.05) is 48.0 Å². The molecule has 1 amide bonds. The maximum absolute atomic E-state index is 12.6. The second kappa shape index (κ2) is 7.87. The molecule has 0 unspecified atom stereocenters. The lowest BCUT2D eigenvalue weighted by Gasteiger charge is -2.17. The first-order chi connectivity index (χ1) is 12.6. The predicted octanol–water partition coefficient (Wildman–Crippen LogP) is 3.74. The Labute approximate surface area is 153 Å². The van der Waals surface area contributed by atoms with E-state index in [2.05, 4.69) is 10.4 Å². The van der Waals surface area contributed by atoms with Crippen molar-refractivity contribution in [3.8, 4) is 5.75 Å². The molecule has 3 rings (SSSR count). The zero-order valence-corrected chi connectivity index (χ0v) is 15.3. The number of nitrogens with one attached hydrogen (secondary N) is 1. The number of aromatic nitrogens is 2. The van der Waals surface area contributed by atoms with Gasteiger partial charge in [-0.15, -0.1) is 0 Å². The standard InChI is InChI=1S/C21H23N3O2/c1-15-9-10-20(26-3)19(11-15)16(2)23-21(25)18-12-22-24(14-18)13-17-7-5-4-6-8-17/h4-12,14,16H,13H2,1-3H3,(H,23,25)/t16-/m1/s1. The summed E-state index contributed by atoms with van der Waals surface area (Å²) in [5.41, 5.74) is 3.76. The average Bonchev–Trinajstić information content (AvgIpc) is 3.11. The zero-order chi connectivity index (χ0) is 18.5. The third-order valence-corrected chi connectivity index (χ3v) is 4.28. The lowest BCUT2D eigenvalue weighted by Crippen LogP contribution is -2.26. The van der Waals surface area contributed by atoms with Crippen molar-refractivity contribution in [1.29, 1.82) is 0 Å². The van der Waals surface area contributed by atoms with E-state index in [9.17, 15) is 4.79 Å². The number of amides is 1. The van der Waals surface area contributed by atoms with E-state index in [-0.39, 0.29) is 11.9 Å². The van der Waals surface area contributed by atoms with Gasteiger partial charge in [0, 0.05) is 11.8 Å². The number of hydrogen-bond acceptors (Lipinski definition) is 3. The van der Waals surface area contributed by atoms with Gasteiger partial charge < -0.3 is 10.1 Å². The number of hydrogen-bond donors (Lipinski definition) is 1. The van der Waals surface area contributed by atoms with E-state index in [1.165, 1.54) is 0 Å². The summed E-state index contributed by atoms with van der Waals surface area (Å²) in [4.78, 5) is 12.6. The quantitative estimate of drug-likeness (QED) is 0.737. The maximum Gasteiger partial charge on any atom is 0.254 e. The Kier molecular flexibility index (Phi) is 5.37. The van der Waals surface area contributed by atoms with Gasteiger partial charge in [-0.2, -0.15) is 5.10 Å². The molecule has 0 radical (unpaired) electrons. The molecule has 0 aliphatic rings. The van der Waals surface area contributed by atoms with Crippen molar-refractivity contribution in [3.05, 3.63) is 83.2 Å². The summed E-state index contributed by atoms with van der Waals surface area (Å²) in [6, 6.07) is 15.8. The number of carbonyl (C=O) groups is 1. The molecule has 3 aromatic rings. The topological polar surface area (TPSA) is 56.1 Å². The van der Waals surface area contributed by atoms with Crippen molar-refractivity contribution in [2.75, 3.05) is 7.11 Å². The number of benzene rings is 2. The van der Waals surface area contributed by atoms with E-state index in [1.807, 2.05) is 62.4 Å². The molecule has 2 aromatic carbocycles. The van der Waals surface area contributed by atoms with Crippen LogP contribution in [0.3, 0.4) is 0 Å². The monoisotopic (exact) mass is 349 g/mol. The summed E-state index contributed by atoms with van der Waals surface area (Å²) in [5, 5.41) is 7.31. The number of carbonyl (C=O) groups excluding carboxylic acids is 1. The molecule has 0 bridgehead atoms. The van der Waals surface area contributed by atoms with Gasteiger partial charge in [0.25, 0.3) is 5.91 Å². The van der Waals surface area contributed by atoms with Crippen LogP contribution in [0, 0.1) is 6.92 Å². The number of nitrogens with zero attached hydrogens (tertiary/aromatic N) is 2. The molecule has 0 fully saturated rings. The highest BCUT2D eigenvalue weighted by molar-refractivity contribution is 5.94. The third-order valence-electron chi connectivity index (χ3n) is 4.28. The van der Waals surface area contributed by atoms with E-state index in [4.69, 9.17) is 4.74 Å². The molecule has 5 heteroatoms. The van der Waals surface area contributed by atoms with E-state index >= 15 is 0 Å². The molecule has 5 nitrogen and oxygen atoms in total. The summed E-state index contributed by atoms with van der Waals surface area (Å²) in [7, 11) is 1.64. The fraction of sp³-hybridized carbons (Fsp3) is 0.238. The molecular weight excluding hydrogens is 326 g/mol. The molecule has 134 valence electrons. The molecule has 0 aliphatic carbocycles. The molecular formula is C21H23N3O2. The molecule has 0 saturated heterocycles. The Bertz CT molecular complexity index is 887. The van der Waals surface area contributed by atoms with Crippen LogP contribution in [-0.4, -0.2) is 22.8 Å². The number of methoxy groups -OCH3 is 1. The van der Waals surface area contributed by atoms with E-state index in [1.54, 1.807) is 24.2 Å². The van der Waals surface area contributed by atoms with Crippen LogP contribution < -0.4 is 10.1 Å². The summed E-state index contributed by atoms with van der Waals surface area (Å²) in [5.74, 6) is 0.614. The SMILES string of the molecule is COc1ccc(C)cc1[C@@H](C)NC(=O)c1cnn(Cc2ccccc2)c1. The Hall–Kier alpha value is -3.08. The number of aryl methyl sites for hydroxylation is 1. The lowest BCUT2D eigenvalue weighted by atomic mass is 10.0. The summed E-state index contributed by atoms with van der Waals surface area (Å²) >= 11 is 0. The zero-order valence-electron chi connectivity index (χ0n) is 15.3. The van der Waals surface area contributed by atoms with Crippen molar-refractivity contribution >= 4 is 5.91 Å². The average molecular weight is 349 g/mol. The lowest BCUT2D eigenvalue weighted by molar-refractivity contribution is 0.0939. The summed E-state index contributed by atoms with van der Waals surface area (Å²) < 4.78 is 7.18. The molecule has 0 aliphatic heterocycles. The molecule has 1 N–H and O–H groups in total. The fourth-order valence-corrected chi connectivity index (χ4v) is 2.89. The predicted molar refractivity (Wildman–Crippen MR) is 101 cm³/mol. The van der Waals surface area contributed by atoms with Crippen LogP contribution in [0.4, 0.5) is 0 Å². The molecule has 1 atom stereocenters. The Balaban J connectivity index is 1.69. The number of ether oxygens (including phenoxy) is 1. The van der Waals surface area contributed by atoms with E-state index in [0.717, 1.165) is 22.4 Å². The molecule has 1 heterocycles. The largest absolute Gasteiger partial charge is 0.496 e.